The molecule has 1 radical (unpaired) electrons. The van der Waals surface area contributed by atoms with Gasteiger partial charge in [-0.15, -0.1) is 4.37 Å². The molecule has 2 N–H and O–H groups in total. The van der Waals surface area contributed by atoms with Crippen LogP contribution in [-0.2, 0) is 47.0 Å². The van der Waals surface area contributed by atoms with Gasteiger partial charge in [-0.2, -0.15) is 32.1 Å². The number of ether oxygens (including phenoxy) is 3. The molecule has 1 aromatic rings. The summed E-state index contributed by atoms with van der Waals surface area (Å²) < 4.78 is 25.1. The van der Waals surface area contributed by atoms with E-state index in [1.165, 1.54) is 11.7 Å². The molecule has 0 saturated carbocycles. The molecule has 0 amide bonds. The predicted octanol–water partition coefficient (Wildman–Crippen LogP) is 2.00. The maximum absolute atomic E-state index is 9.66. The van der Waals surface area contributed by atoms with Crippen LogP contribution in [0.5, 0.6) is 5.88 Å². The number of carboxylic acid groups (broad SMARTS) is 1. The number of carboxylic acids is 1. The number of carbonyl (C=O) groups is 1. The van der Waals surface area contributed by atoms with E-state index in [9.17, 15) is 4.79 Å². The van der Waals surface area contributed by atoms with Gasteiger partial charge in [0.2, 0.25) is 5.82 Å². The van der Waals surface area contributed by atoms with Crippen LogP contribution >= 0.6 is 11.7 Å². The van der Waals surface area contributed by atoms with Gasteiger partial charge in [-0.3, -0.25) is 10.7 Å². The Morgan fingerprint density at radius 3 is 2.45 bits per heavy atom. The number of anilines is 1. The number of hydrogen-bond donors (Lipinski definition) is 2. The van der Waals surface area contributed by atoms with Crippen LogP contribution in [0.25, 0.3) is 0 Å². The van der Waals surface area contributed by atoms with Crippen LogP contribution in [0, 0.1) is 12.0 Å². The van der Waals surface area contributed by atoms with Gasteiger partial charge in [0, 0.05) is 59.0 Å². The molecule has 0 unspecified atom stereocenters. The largest absolute Gasteiger partial charge is 0.548 e. The van der Waals surface area contributed by atoms with Gasteiger partial charge in [0.25, 0.3) is 5.88 Å². The number of nitrogens with one attached hydrogen (secondary N) is 1. The van der Waals surface area contributed by atoms with Gasteiger partial charge in [-0.25, -0.2) is 6.10 Å². The summed E-state index contributed by atoms with van der Waals surface area (Å²) in [6.45, 7) is 13.3. The molecule has 0 bridgehead atoms. The topological polar surface area (TPSA) is 106 Å². The van der Waals surface area contributed by atoms with Gasteiger partial charge in [0.05, 0.1) is 31.5 Å². The summed E-state index contributed by atoms with van der Waals surface area (Å²) in [7, 11) is 0. The van der Waals surface area contributed by atoms with Crippen molar-refractivity contribution in [3.8, 4) is 5.88 Å². The molecular formula is C18H32N4O5SY-2. The first-order valence-electron chi connectivity index (χ1n) is 9.37. The van der Waals surface area contributed by atoms with Gasteiger partial charge < -0.3 is 29.5 Å². The summed E-state index contributed by atoms with van der Waals surface area (Å²) in [5.74, 6) is 1.10. The van der Waals surface area contributed by atoms with Crippen molar-refractivity contribution in [1.29, 1.82) is 0 Å². The number of morpholine rings is 1. The van der Waals surface area contributed by atoms with Crippen LogP contribution in [0.3, 0.4) is 0 Å². The molecule has 9 nitrogen and oxygen atoms in total. The molecule has 2 rings (SSSR count). The third-order valence-electron chi connectivity index (χ3n) is 3.59. The molecule has 11 heteroatoms. The predicted molar refractivity (Wildman–Crippen MR) is 109 cm³/mol. The van der Waals surface area contributed by atoms with Gasteiger partial charge in [0.1, 0.15) is 0 Å². The Labute approximate surface area is 203 Å². The Hall–Kier alpha value is -0.516. The van der Waals surface area contributed by atoms with Crippen molar-refractivity contribution in [2.45, 2.75) is 34.1 Å². The normalized spacial score (nSPS) is 13.3. The Morgan fingerprint density at radius 2 is 1.86 bits per heavy atom. The van der Waals surface area contributed by atoms with Crippen LogP contribution in [-0.4, -0.2) is 72.4 Å². The van der Waals surface area contributed by atoms with Gasteiger partial charge in [-0.05, 0) is 13.0 Å². The van der Waals surface area contributed by atoms with E-state index in [0.29, 0.717) is 25.0 Å². The van der Waals surface area contributed by atoms with E-state index in [1.807, 2.05) is 13.8 Å². The van der Waals surface area contributed by atoms with E-state index in [4.69, 9.17) is 19.3 Å². The SMILES string of the molecule is C[C-](C)C(=O)O.C[C-](C)OCCNCCCOc1nsnc1N1CCOCC1.[Y]. The standard InChI is InChI=1S/C14H25N4O3S.C4H7O2.Y/c1-12(2)20-9-5-15-4-3-8-21-14-13(16-22-17-14)18-6-10-19-11-7-18;1-3(2)4(5)6;/h15H,3-11H2,1-2H3;1-2H3,(H,5,6);/q2*-1;. The molecule has 1 aromatic heterocycles. The van der Waals surface area contributed by atoms with Crippen molar-refractivity contribution in [1.82, 2.24) is 14.1 Å². The fourth-order valence-electron chi connectivity index (χ4n) is 2.05. The van der Waals surface area contributed by atoms with E-state index in [2.05, 4.69) is 19.0 Å². The fraction of sp³-hybridized carbons (Fsp3) is 0.722. The quantitative estimate of drug-likeness (QED) is 0.345. The molecule has 1 fully saturated rings. The van der Waals surface area contributed by atoms with E-state index >= 15 is 0 Å². The van der Waals surface area contributed by atoms with Gasteiger partial charge in [0.15, 0.2) is 5.97 Å². The molecule has 0 aliphatic carbocycles. The average Bonchev–Trinajstić information content (AvgIpc) is 3.13. The molecule has 0 aromatic carbocycles. The Kier molecular flexibility index (Phi) is 16.9. The second-order valence-electron chi connectivity index (χ2n) is 6.51. The van der Waals surface area contributed by atoms with Crippen LogP contribution in [0.2, 0.25) is 0 Å². The van der Waals surface area contributed by atoms with Crippen LogP contribution < -0.4 is 15.0 Å². The van der Waals surface area contributed by atoms with Crippen molar-refractivity contribution >= 4 is 23.5 Å². The van der Waals surface area contributed by atoms with Crippen LogP contribution in [0.4, 0.5) is 5.82 Å². The summed E-state index contributed by atoms with van der Waals surface area (Å²) in [6.07, 6.45) is 1.92. The minimum atomic E-state index is -0.824. The minimum absolute atomic E-state index is 0. The van der Waals surface area contributed by atoms with Crippen molar-refractivity contribution in [3.63, 3.8) is 0 Å². The summed E-state index contributed by atoms with van der Waals surface area (Å²) in [5, 5.41) is 11.3. The van der Waals surface area contributed by atoms with Crippen LogP contribution in [0.15, 0.2) is 0 Å². The van der Waals surface area contributed by atoms with Crippen LogP contribution in [0.1, 0.15) is 34.1 Å². The van der Waals surface area contributed by atoms with Crippen molar-refractivity contribution in [2.24, 2.45) is 0 Å². The number of aromatic nitrogens is 2. The first-order valence-corrected chi connectivity index (χ1v) is 10.1. The maximum Gasteiger partial charge on any atom is 0.270 e. The van der Waals surface area contributed by atoms with Crippen molar-refractivity contribution in [3.05, 3.63) is 12.0 Å². The third-order valence-corrected chi connectivity index (χ3v) is 4.09. The molecule has 0 atom stereocenters. The number of aliphatic carboxylic acids is 1. The van der Waals surface area contributed by atoms with Crippen molar-refractivity contribution in [2.75, 3.05) is 57.5 Å². The minimum Gasteiger partial charge on any atom is -0.548 e. The number of nitrogens with zero attached hydrogens (tertiary/aromatic N) is 3. The van der Waals surface area contributed by atoms with E-state index in [-0.39, 0.29) is 32.7 Å². The summed E-state index contributed by atoms with van der Waals surface area (Å²) in [6, 6.07) is 0. The molecule has 0 spiro atoms. The molecule has 2 heterocycles. The molecule has 29 heavy (non-hydrogen) atoms. The van der Waals surface area contributed by atoms with Crippen molar-refractivity contribution < 1.29 is 56.8 Å². The average molecular weight is 505 g/mol. The fourth-order valence-corrected chi connectivity index (χ4v) is 2.57. The van der Waals surface area contributed by atoms with E-state index in [1.54, 1.807) is 13.8 Å². The van der Waals surface area contributed by atoms with E-state index in [0.717, 1.165) is 57.7 Å². The number of rotatable bonds is 11. The summed E-state index contributed by atoms with van der Waals surface area (Å²) in [4.78, 5) is 11.8. The smallest absolute Gasteiger partial charge is 0.270 e. The second kappa shape index (κ2) is 17.2. The Bertz CT molecular complexity index is 542. The monoisotopic (exact) mass is 505 g/mol. The zero-order valence-electron chi connectivity index (χ0n) is 17.8. The molecule has 165 valence electrons. The molecule has 1 saturated heterocycles. The summed E-state index contributed by atoms with van der Waals surface area (Å²) in [5.41, 5.74) is 0. The zero-order chi connectivity index (χ0) is 20.8. The Balaban J connectivity index is 0.000000981. The first kappa shape index (κ1) is 28.5. The van der Waals surface area contributed by atoms with E-state index < -0.39 is 5.97 Å². The van der Waals surface area contributed by atoms with Gasteiger partial charge >= 0.3 is 0 Å². The molecule has 1 aliphatic heterocycles. The first-order chi connectivity index (χ1) is 13.4. The van der Waals surface area contributed by atoms with Gasteiger partial charge in [-0.1, -0.05) is 0 Å². The maximum atomic E-state index is 9.66. The molecular weight excluding hydrogens is 473 g/mol. The second-order valence-corrected chi connectivity index (χ2v) is 7.03. The number of hydrogen-bond acceptors (Lipinski definition) is 9. The third kappa shape index (κ3) is 13.4. The molecule has 1 aliphatic rings. The summed E-state index contributed by atoms with van der Waals surface area (Å²) >= 11 is 1.20. The zero-order valence-corrected chi connectivity index (χ0v) is 21.4. The Morgan fingerprint density at radius 1 is 1.21 bits per heavy atom.